The second kappa shape index (κ2) is 8.71. The SMILES string of the molecule is CC(=O)c1c(C2CC3CCC(C2)N3C(=O)CO)nc2c(-c3ccc(C#CC4CC4)nc3)cnn2c1N. The van der Waals surface area contributed by atoms with Gasteiger partial charge in [0.15, 0.2) is 11.4 Å². The number of nitrogens with two attached hydrogens (primary N) is 1. The summed E-state index contributed by atoms with van der Waals surface area (Å²) in [6, 6.07) is 3.92. The van der Waals surface area contributed by atoms with Crippen LogP contribution in [0.2, 0.25) is 0 Å². The zero-order valence-electron chi connectivity index (χ0n) is 20.1. The molecule has 2 saturated heterocycles. The number of carbonyl (C=O) groups excluding carboxylic acids is 2. The molecule has 1 amide bonds. The number of aliphatic hydroxyl groups is 1. The fourth-order valence-electron chi connectivity index (χ4n) is 5.81. The molecular formula is C27H28N6O3. The van der Waals surface area contributed by atoms with Gasteiger partial charge in [0.2, 0.25) is 5.91 Å². The first-order valence-electron chi connectivity index (χ1n) is 12.5. The number of aromatic nitrogens is 4. The standard InChI is InChI=1S/C27H28N6O3/c1-15(35)24-25(18-10-20-8-9-21(11-18)32(20)23(36)14-34)31-27-22(13-30-33(27)26(24)28)17-5-7-19(29-12-17)6-4-16-2-3-16/h5,7,12-13,16,18,20-21,34H,2-3,8-11,14,28H2,1H3. The molecule has 6 rings (SSSR count). The van der Waals surface area contributed by atoms with Crippen LogP contribution in [-0.2, 0) is 4.79 Å². The first-order chi connectivity index (χ1) is 17.4. The Morgan fingerprint density at radius 3 is 2.50 bits per heavy atom. The summed E-state index contributed by atoms with van der Waals surface area (Å²) in [6.07, 6.45) is 8.95. The molecule has 0 aromatic carbocycles. The van der Waals surface area contributed by atoms with Crippen molar-refractivity contribution < 1.29 is 14.7 Å². The molecule has 3 aromatic heterocycles. The van der Waals surface area contributed by atoms with E-state index in [9.17, 15) is 14.7 Å². The van der Waals surface area contributed by atoms with Crippen LogP contribution >= 0.6 is 0 Å². The van der Waals surface area contributed by atoms with E-state index in [4.69, 9.17) is 10.7 Å². The minimum atomic E-state index is -0.480. The molecule has 3 N–H and O–H groups in total. The molecular weight excluding hydrogens is 456 g/mol. The van der Waals surface area contributed by atoms with Gasteiger partial charge in [-0.2, -0.15) is 9.61 Å². The summed E-state index contributed by atoms with van der Waals surface area (Å²) in [7, 11) is 0. The normalized spacial score (nSPS) is 22.9. The van der Waals surface area contributed by atoms with Crippen LogP contribution in [0.3, 0.4) is 0 Å². The number of nitrogen functional groups attached to an aromatic ring is 1. The number of nitrogens with zero attached hydrogens (tertiary/aromatic N) is 5. The average Bonchev–Trinajstić information content (AvgIpc) is 3.55. The van der Waals surface area contributed by atoms with Gasteiger partial charge in [0.25, 0.3) is 0 Å². The van der Waals surface area contributed by atoms with E-state index in [-0.39, 0.29) is 35.5 Å². The summed E-state index contributed by atoms with van der Waals surface area (Å²) in [5, 5.41) is 13.9. The topological polar surface area (TPSA) is 127 Å². The zero-order chi connectivity index (χ0) is 25.0. The van der Waals surface area contributed by atoms with Crippen LogP contribution in [0, 0.1) is 17.8 Å². The average molecular weight is 485 g/mol. The summed E-state index contributed by atoms with van der Waals surface area (Å²) in [5.41, 5.74) is 10.5. The maximum atomic E-state index is 12.7. The molecule has 0 spiro atoms. The van der Waals surface area contributed by atoms with Crippen molar-refractivity contribution in [3.05, 3.63) is 41.5 Å². The molecule has 184 valence electrons. The zero-order valence-corrected chi connectivity index (χ0v) is 20.1. The third-order valence-electron chi connectivity index (χ3n) is 7.66. The Morgan fingerprint density at radius 1 is 1.14 bits per heavy atom. The number of rotatable bonds is 4. The molecule has 3 aromatic rings. The molecule has 5 heterocycles. The summed E-state index contributed by atoms with van der Waals surface area (Å²) >= 11 is 0. The molecule has 2 bridgehead atoms. The predicted molar refractivity (Wildman–Crippen MR) is 133 cm³/mol. The Balaban J connectivity index is 1.39. The summed E-state index contributed by atoms with van der Waals surface area (Å²) in [5.74, 6) is 6.73. The van der Waals surface area contributed by atoms with E-state index in [1.54, 1.807) is 12.4 Å². The van der Waals surface area contributed by atoms with Crippen molar-refractivity contribution in [3.8, 4) is 23.0 Å². The first kappa shape index (κ1) is 22.7. The van der Waals surface area contributed by atoms with Crippen molar-refractivity contribution in [1.82, 2.24) is 24.5 Å². The molecule has 2 unspecified atom stereocenters. The van der Waals surface area contributed by atoms with Crippen LogP contribution in [-0.4, -0.2) is 60.0 Å². The number of amides is 1. The largest absolute Gasteiger partial charge is 0.387 e. The van der Waals surface area contributed by atoms with Gasteiger partial charge < -0.3 is 15.7 Å². The number of Topliss-reactive ketones (excluding diaryl/α,β-unsaturated/α-hetero) is 1. The van der Waals surface area contributed by atoms with Gasteiger partial charge >= 0.3 is 0 Å². The van der Waals surface area contributed by atoms with Gasteiger partial charge in [0, 0.05) is 41.2 Å². The Kier molecular flexibility index (Phi) is 5.49. The third kappa shape index (κ3) is 3.82. The number of ketones is 1. The lowest BCUT2D eigenvalue weighted by molar-refractivity contribution is -0.138. The second-order valence-corrected chi connectivity index (χ2v) is 10.1. The Bertz CT molecular complexity index is 1420. The number of carbonyl (C=O) groups is 2. The van der Waals surface area contributed by atoms with Crippen molar-refractivity contribution >= 4 is 23.2 Å². The quantitative estimate of drug-likeness (QED) is 0.430. The van der Waals surface area contributed by atoms with E-state index in [2.05, 4.69) is 21.9 Å². The highest BCUT2D eigenvalue weighted by molar-refractivity contribution is 6.00. The predicted octanol–water partition coefficient (Wildman–Crippen LogP) is 2.57. The number of anilines is 1. The summed E-state index contributed by atoms with van der Waals surface area (Å²) < 4.78 is 1.52. The smallest absolute Gasteiger partial charge is 0.248 e. The minimum Gasteiger partial charge on any atom is -0.387 e. The van der Waals surface area contributed by atoms with Crippen molar-refractivity contribution in [3.63, 3.8) is 0 Å². The van der Waals surface area contributed by atoms with E-state index < -0.39 is 6.61 Å². The molecule has 2 atom stereocenters. The van der Waals surface area contributed by atoms with Gasteiger partial charge in [-0.3, -0.25) is 9.59 Å². The molecule has 0 radical (unpaired) electrons. The van der Waals surface area contributed by atoms with E-state index >= 15 is 0 Å². The van der Waals surface area contributed by atoms with Gasteiger partial charge in [0.1, 0.15) is 18.1 Å². The van der Waals surface area contributed by atoms with Crippen molar-refractivity contribution in [2.45, 2.75) is 63.5 Å². The monoisotopic (exact) mass is 484 g/mol. The van der Waals surface area contributed by atoms with Crippen LogP contribution in [0.4, 0.5) is 5.82 Å². The number of fused-ring (bicyclic) bond motifs is 3. The fourth-order valence-corrected chi connectivity index (χ4v) is 5.81. The highest BCUT2D eigenvalue weighted by Gasteiger charge is 2.44. The van der Waals surface area contributed by atoms with Gasteiger partial charge in [-0.15, -0.1) is 0 Å². The van der Waals surface area contributed by atoms with Crippen LogP contribution in [0.25, 0.3) is 16.8 Å². The number of pyridine rings is 1. The van der Waals surface area contributed by atoms with E-state index in [1.807, 2.05) is 17.0 Å². The number of hydrogen-bond donors (Lipinski definition) is 2. The van der Waals surface area contributed by atoms with Gasteiger partial charge in [-0.05, 0) is 63.5 Å². The Hall–Kier alpha value is -3.77. The highest BCUT2D eigenvalue weighted by Crippen LogP contribution is 2.44. The lowest BCUT2D eigenvalue weighted by Gasteiger charge is -2.39. The maximum absolute atomic E-state index is 12.7. The molecule has 36 heavy (non-hydrogen) atoms. The molecule has 9 heteroatoms. The van der Waals surface area contributed by atoms with Gasteiger partial charge in [0.05, 0.1) is 17.5 Å². The molecule has 1 aliphatic carbocycles. The highest BCUT2D eigenvalue weighted by atomic mass is 16.3. The lowest BCUT2D eigenvalue weighted by Crippen LogP contribution is -2.47. The van der Waals surface area contributed by atoms with E-state index in [1.165, 1.54) is 24.3 Å². The maximum Gasteiger partial charge on any atom is 0.248 e. The van der Waals surface area contributed by atoms with E-state index in [0.717, 1.165) is 29.7 Å². The van der Waals surface area contributed by atoms with Crippen molar-refractivity contribution in [1.29, 1.82) is 0 Å². The fraction of sp³-hybridized carbons (Fsp3) is 0.444. The minimum absolute atomic E-state index is 0.0163. The Labute approximate surface area is 208 Å². The lowest BCUT2D eigenvalue weighted by atomic mass is 9.85. The van der Waals surface area contributed by atoms with Crippen LogP contribution < -0.4 is 5.73 Å². The molecule has 9 nitrogen and oxygen atoms in total. The van der Waals surface area contributed by atoms with Crippen molar-refractivity contribution in [2.24, 2.45) is 5.92 Å². The van der Waals surface area contributed by atoms with E-state index in [0.29, 0.717) is 35.7 Å². The van der Waals surface area contributed by atoms with Crippen LogP contribution in [0.1, 0.15) is 73.1 Å². The molecule has 3 fully saturated rings. The summed E-state index contributed by atoms with van der Waals surface area (Å²) in [4.78, 5) is 36.3. The molecule has 2 aliphatic heterocycles. The van der Waals surface area contributed by atoms with Crippen molar-refractivity contribution in [2.75, 3.05) is 12.3 Å². The number of hydrogen-bond acceptors (Lipinski definition) is 7. The number of piperidine rings is 1. The van der Waals surface area contributed by atoms with Gasteiger partial charge in [-0.1, -0.05) is 5.92 Å². The Morgan fingerprint density at radius 2 is 1.89 bits per heavy atom. The second-order valence-electron chi connectivity index (χ2n) is 10.1. The third-order valence-corrected chi connectivity index (χ3v) is 7.66. The number of aliphatic hydroxyl groups excluding tert-OH is 1. The van der Waals surface area contributed by atoms with Crippen LogP contribution in [0.5, 0.6) is 0 Å². The first-order valence-corrected chi connectivity index (χ1v) is 12.5. The molecule has 3 aliphatic rings. The molecule has 1 saturated carbocycles. The van der Waals surface area contributed by atoms with Gasteiger partial charge in [-0.25, -0.2) is 9.97 Å². The summed E-state index contributed by atoms with van der Waals surface area (Å²) in [6.45, 7) is 1.02. The van der Waals surface area contributed by atoms with Crippen LogP contribution in [0.15, 0.2) is 24.5 Å².